The lowest BCUT2D eigenvalue weighted by atomic mass is 10.1. The minimum absolute atomic E-state index is 0.0517. The molecule has 0 aromatic rings. The summed E-state index contributed by atoms with van der Waals surface area (Å²) in [6.45, 7) is 2.96. The first kappa shape index (κ1) is 19.6. The van der Waals surface area contributed by atoms with E-state index in [0.29, 0.717) is 39.0 Å². The van der Waals surface area contributed by atoms with Gasteiger partial charge in [-0.05, 0) is 46.4 Å². The van der Waals surface area contributed by atoms with E-state index in [2.05, 4.69) is 16.0 Å². The second kappa shape index (κ2) is 12.4. The van der Waals surface area contributed by atoms with Gasteiger partial charge in [-0.25, -0.2) is 4.79 Å². The van der Waals surface area contributed by atoms with Gasteiger partial charge >= 0.3 is 6.09 Å². The van der Waals surface area contributed by atoms with E-state index in [1.165, 1.54) is 0 Å². The molecule has 0 aromatic carbocycles. The summed E-state index contributed by atoms with van der Waals surface area (Å²) in [6, 6.07) is -0.311. The van der Waals surface area contributed by atoms with Crippen molar-refractivity contribution in [2.24, 2.45) is 5.73 Å². The molecule has 0 rings (SSSR count). The first-order valence-electron chi connectivity index (χ1n) is 7.30. The lowest BCUT2D eigenvalue weighted by Gasteiger charge is -2.19. The molecule has 8 heteroatoms. The third-order valence-corrected chi connectivity index (χ3v) is 2.89. The second-order valence-electron chi connectivity index (χ2n) is 5.12. The standard InChI is InChI=1S/C13H29N5O3/c1-18(2)10-9-16-12(19)11(15-8-4-6-14)5-3-7-17-13(20)21/h11,15,17H,3-10,14H2,1-2H3,(H,16,19)(H,20,21). The molecule has 8 nitrogen and oxygen atoms in total. The van der Waals surface area contributed by atoms with Crippen LogP contribution in [0.5, 0.6) is 0 Å². The summed E-state index contributed by atoms with van der Waals surface area (Å²) in [4.78, 5) is 24.5. The van der Waals surface area contributed by atoms with Gasteiger partial charge in [-0.3, -0.25) is 4.79 Å². The van der Waals surface area contributed by atoms with Crippen molar-refractivity contribution < 1.29 is 14.7 Å². The molecule has 0 aliphatic rings. The van der Waals surface area contributed by atoms with E-state index in [4.69, 9.17) is 10.8 Å². The number of nitrogens with zero attached hydrogens (tertiary/aromatic N) is 1. The average Bonchev–Trinajstić information content (AvgIpc) is 2.40. The summed E-state index contributed by atoms with van der Waals surface area (Å²) in [5.41, 5.74) is 5.44. The van der Waals surface area contributed by atoms with Gasteiger partial charge in [-0.2, -0.15) is 0 Å². The molecule has 0 aliphatic carbocycles. The number of nitrogens with one attached hydrogen (secondary N) is 3. The average molecular weight is 303 g/mol. The fourth-order valence-corrected chi connectivity index (χ4v) is 1.73. The minimum atomic E-state index is -1.04. The zero-order chi connectivity index (χ0) is 16.1. The number of hydrogen-bond donors (Lipinski definition) is 5. The molecule has 0 aromatic heterocycles. The predicted molar refractivity (Wildman–Crippen MR) is 82.3 cm³/mol. The highest BCUT2D eigenvalue weighted by Gasteiger charge is 2.16. The molecule has 0 aliphatic heterocycles. The Labute approximate surface area is 126 Å². The molecule has 6 N–H and O–H groups in total. The van der Waals surface area contributed by atoms with E-state index in [9.17, 15) is 9.59 Å². The van der Waals surface area contributed by atoms with Gasteiger partial charge in [0.1, 0.15) is 0 Å². The third-order valence-electron chi connectivity index (χ3n) is 2.89. The van der Waals surface area contributed by atoms with Crippen LogP contribution < -0.4 is 21.7 Å². The molecule has 21 heavy (non-hydrogen) atoms. The molecular weight excluding hydrogens is 274 g/mol. The van der Waals surface area contributed by atoms with Gasteiger partial charge in [-0.15, -0.1) is 0 Å². The fraction of sp³-hybridized carbons (Fsp3) is 0.846. The van der Waals surface area contributed by atoms with Crippen LogP contribution in [-0.2, 0) is 4.79 Å². The Hall–Kier alpha value is -1.38. The Morgan fingerprint density at radius 3 is 2.43 bits per heavy atom. The van der Waals surface area contributed by atoms with Crippen molar-refractivity contribution in [2.75, 3.05) is 46.8 Å². The first-order valence-corrected chi connectivity index (χ1v) is 7.30. The van der Waals surface area contributed by atoms with Crippen LogP contribution in [0.15, 0.2) is 0 Å². The number of rotatable bonds is 12. The van der Waals surface area contributed by atoms with Crippen molar-refractivity contribution in [1.29, 1.82) is 0 Å². The molecule has 1 atom stereocenters. The lowest BCUT2D eigenvalue weighted by molar-refractivity contribution is -0.123. The molecule has 2 amide bonds. The highest BCUT2D eigenvalue weighted by atomic mass is 16.4. The van der Waals surface area contributed by atoms with Crippen molar-refractivity contribution in [3.05, 3.63) is 0 Å². The summed E-state index contributed by atoms with van der Waals surface area (Å²) >= 11 is 0. The summed E-state index contributed by atoms with van der Waals surface area (Å²) in [5.74, 6) is -0.0517. The zero-order valence-corrected chi connectivity index (χ0v) is 13.0. The van der Waals surface area contributed by atoms with Gasteiger partial charge in [0.05, 0.1) is 6.04 Å². The molecule has 0 saturated heterocycles. The van der Waals surface area contributed by atoms with Crippen molar-refractivity contribution >= 4 is 12.0 Å². The topological polar surface area (TPSA) is 120 Å². The molecule has 124 valence electrons. The van der Waals surface area contributed by atoms with Gasteiger partial charge in [0.25, 0.3) is 0 Å². The van der Waals surface area contributed by atoms with E-state index >= 15 is 0 Å². The monoisotopic (exact) mass is 303 g/mol. The van der Waals surface area contributed by atoms with Gasteiger partial charge in [-0.1, -0.05) is 0 Å². The smallest absolute Gasteiger partial charge is 0.404 e. The van der Waals surface area contributed by atoms with Crippen molar-refractivity contribution in [3.63, 3.8) is 0 Å². The number of likely N-dealkylation sites (N-methyl/N-ethyl adjacent to an activating group) is 1. The van der Waals surface area contributed by atoms with Crippen LogP contribution in [-0.4, -0.2) is 74.9 Å². The molecule has 1 unspecified atom stereocenters. The van der Waals surface area contributed by atoms with Crippen LogP contribution in [0.4, 0.5) is 4.79 Å². The predicted octanol–water partition coefficient (Wildman–Crippen LogP) is -0.981. The molecule has 0 spiro atoms. The molecule has 0 saturated carbocycles. The van der Waals surface area contributed by atoms with Crippen molar-refractivity contribution in [3.8, 4) is 0 Å². The van der Waals surface area contributed by atoms with Gasteiger partial charge in [0, 0.05) is 19.6 Å². The van der Waals surface area contributed by atoms with Crippen LogP contribution in [0.25, 0.3) is 0 Å². The quantitative estimate of drug-likeness (QED) is 0.296. The maximum Gasteiger partial charge on any atom is 0.404 e. The second-order valence-corrected chi connectivity index (χ2v) is 5.12. The van der Waals surface area contributed by atoms with Gasteiger partial charge < -0.3 is 31.7 Å². The Morgan fingerprint density at radius 2 is 1.86 bits per heavy atom. The fourth-order valence-electron chi connectivity index (χ4n) is 1.73. The maximum absolute atomic E-state index is 12.1. The third kappa shape index (κ3) is 12.1. The van der Waals surface area contributed by atoms with E-state index in [0.717, 1.165) is 13.0 Å². The van der Waals surface area contributed by atoms with E-state index < -0.39 is 6.09 Å². The molecule has 0 radical (unpaired) electrons. The lowest BCUT2D eigenvalue weighted by Crippen LogP contribution is -2.46. The van der Waals surface area contributed by atoms with E-state index in [1.807, 2.05) is 19.0 Å². The molecular formula is C13H29N5O3. The van der Waals surface area contributed by atoms with E-state index in [-0.39, 0.29) is 11.9 Å². The van der Waals surface area contributed by atoms with Crippen LogP contribution in [0.2, 0.25) is 0 Å². The van der Waals surface area contributed by atoms with Gasteiger partial charge in [0.2, 0.25) is 5.91 Å². The number of carbonyl (C=O) groups is 2. The SMILES string of the molecule is CN(C)CCNC(=O)C(CCCNC(=O)O)NCCCN. The van der Waals surface area contributed by atoms with Crippen LogP contribution in [0.3, 0.4) is 0 Å². The maximum atomic E-state index is 12.1. The van der Waals surface area contributed by atoms with Crippen molar-refractivity contribution in [2.45, 2.75) is 25.3 Å². The largest absolute Gasteiger partial charge is 0.465 e. The number of carbonyl (C=O) groups excluding carboxylic acids is 1. The zero-order valence-electron chi connectivity index (χ0n) is 13.0. The molecule has 0 fully saturated rings. The Kier molecular flexibility index (Phi) is 11.6. The number of nitrogens with two attached hydrogens (primary N) is 1. The minimum Gasteiger partial charge on any atom is -0.465 e. The highest BCUT2D eigenvalue weighted by Crippen LogP contribution is 1.98. The Balaban J connectivity index is 4.09. The van der Waals surface area contributed by atoms with Crippen LogP contribution in [0, 0.1) is 0 Å². The number of hydrogen-bond acceptors (Lipinski definition) is 5. The molecule has 0 heterocycles. The summed E-state index contributed by atoms with van der Waals surface area (Å²) < 4.78 is 0. The summed E-state index contributed by atoms with van der Waals surface area (Å²) in [7, 11) is 3.89. The first-order chi connectivity index (χ1) is 9.97. The summed E-state index contributed by atoms with van der Waals surface area (Å²) in [5, 5.41) is 16.8. The van der Waals surface area contributed by atoms with E-state index in [1.54, 1.807) is 0 Å². The Bertz CT molecular complexity index is 300. The Morgan fingerprint density at radius 1 is 1.14 bits per heavy atom. The number of carboxylic acid groups (broad SMARTS) is 1. The summed E-state index contributed by atoms with van der Waals surface area (Å²) in [6.07, 6.45) is 0.944. The van der Waals surface area contributed by atoms with Gasteiger partial charge in [0.15, 0.2) is 0 Å². The normalized spacial score (nSPS) is 12.2. The van der Waals surface area contributed by atoms with Crippen LogP contribution >= 0.6 is 0 Å². The number of amides is 2. The van der Waals surface area contributed by atoms with Crippen molar-refractivity contribution in [1.82, 2.24) is 20.9 Å². The highest BCUT2D eigenvalue weighted by molar-refractivity contribution is 5.81. The van der Waals surface area contributed by atoms with Crippen LogP contribution in [0.1, 0.15) is 19.3 Å². The molecule has 0 bridgehead atoms.